The third-order valence-electron chi connectivity index (χ3n) is 6.85. The van der Waals surface area contributed by atoms with Crippen LogP contribution in [0.15, 0.2) is 66.3 Å². The predicted octanol–water partition coefficient (Wildman–Crippen LogP) is 4.58. The number of aromatic nitrogens is 2. The van der Waals surface area contributed by atoms with Crippen molar-refractivity contribution in [3.8, 4) is 11.1 Å². The third-order valence-corrected chi connectivity index (χ3v) is 7.74. The molecule has 0 spiro atoms. The number of hydrogen-bond acceptors (Lipinski definition) is 6. The van der Waals surface area contributed by atoms with Crippen molar-refractivity contribution in [2.24, 2.45) is 0 Å². The minimum Gasteiger partial charge on any atom is -0.391 e. The summed E-state index contributed by atoms with van der Waals surface area (Å²) in [5, 5.41) is 17.7. The number of rotatable bonds is 4. The first kappa shape index (κ1) is 19.9. The van der Waals surface area contributed by atoms with Gasteiger partial charge < -0.3 is 15.3 Å². The van der Waals surface area contributed by atoms with Gasteiger partial charge in [-0.15, -0.1) is 11.3 Å². The van der Waals surface area contributed by atoms with E-state index in [1.54, 1.807) is 17.7 Å². The number of aliphatic hydroxyl groups is 1. The summed E-state index contributed by atoms with van der Waals surface area (Å²) in [5.74, 6) is 1.04. The van der Waals surface area contributed by atoms with Crippen molar-refractivity contribution >= 4 is 27.4 Å². The molecule has 2 unspecified atom stereocenters. The van der Waals surface area contributed by atoms with Gasteiger partial charge in [0.05, 0.1) is 17.5 Å². The summed E-state index contributed by atoms with van der Waals surface area (Å²) < 4.78 is 0. The monoisotopic (exact) mass is 442 g/mol. The Bertz CT molecular complexity index is 1230. The molecule has 0 radical (unpaired) electrons. The first-order chi connectivity index (χ1) is 15.8. The zero-order chi connectivity index (χ0) is 21.5. The molecule has 5 nitrogen and oxygen atoms in total. The van der Waals surface area contributed by atoms with Gasteiger partial charge in [0.15, 0.2) is 0 Å². The van der Waals surface area contributed by atoms with E-state index < -0.39 is 0 Å². The van der Waals surface area contributed by atoms with Crippen LogP contribution in [-0.2, 0) is 6.42 Å². The quantitative estimate of drug-likeness (QED) is 0.485. The maximum absolute atomic E-state index is 10.6. The molecule has 2 aromatic carbocycles. The molecule has 6 rings (SSSR count). The van der Waals surface area contributed by atoms with Crippen LogP contribution in [0, 0.1) is 0 Å². The first-order valence-corrected chi connectivity index (χ1v) is 12.2. The molecular weight excluding hydrogens is 416 g/mol. The van der Waals surface area contributed by atoms with Crippen LogP contribution in [0.2, 0.25) is 0 Å². The lowest BCUT2D eigenvalue weighted by atomic mass is 10.00. The predicted molar refractivity (Wildman–Crippen MR) is 130 cm³/mol. The van der Waals surface area contributed by atoms with Crippen LogP contribution in [0.1, 0.15) is 30.0 Å². The van der Waals surface area contributed by atoms with E-state index in [1.807, 2.05) is 6.07 Å². The molecule has 3 heterocycles. The molecular formula is C26H26N4OS. The Morgan fingerprint density at radius 2 is 1.75 bits per heavy atom. The van der Waals surface area contributed by atoms with Gasteiger partial charge >= 0.3 is 0 Å². The van der Waals surface area contributed by atoms with Crippen molar-refractivity contribution in [1.82, 2.24) is 15.3 Å². The summed E-state index contributed by atoms with van der Waals surface area (Å²) >= 11 is 1.68. The number of benzene rings is 2. The molecule has 0 bridgehead atoms. The van der Waals surface area contributed by atoms with Crippen molar-refractivity contribution in [2.75, 3.05) is 18.0 Å². The van der Waals surface area contributed by atoms with Gasteiger partial charge in [0.1, 0.15) is 17.0 Å². The van der Waals surface area contributed by atoms with E-state index in [0.29, 0.717) is 6.04 Å². The SMILES string of the molecule is OC1Cc2ccccc2C1NC1CCN(c2ncnc3scc(-c4ccccc4)c23)CC1. The average Bonchev–Trinajstić information content (AvgIpc) is 3.41. The lowest BCUT2D eigenvalue weighted by Crippen LogP contribution is -2.45. The van der Waals surface area contributed by atoms with E-state index in [9.17, 15) is 5.11 Å². The van der Waals surface area contributed by atoms with Crippen LogP contribution in [0.5, 0.6) is 0 Å². The molecule has 32 heavy (non-hydrogen) atoms. The lowest BCUT2D eigenvalue weighted by Gasteiger charge is -2.35. The Balaban J connectivity index is 1.21. The number of nitrogens with zero attached hydrogens (tertiary/aromatic N) is 3. The normalized spacial score (nSPS) is 21.2. The van der Waals surface area contributed by atoms with Crippen LogP contribution < -0.4 is 10.2 Å². The number of fused-ring (bicyclic) bond motifs is 2. The van der Waals surface area contributed by atoms with Crippen LogP contribution in [-0.4, -0.2) is 40.3 Å². The molecule has 0 amide bonds. The second kappa shape index (κ2) is 8.28. The summed E-state index contributed by atoms with van der Waals surface area (Å²) in [7, 11) is 0. The van der Waals surface area contributed by atoms with Gasteiger partial charge in [0, 0.05) is 36.5 Å². The maximum atomic E-state index is 10.6. The minimum atomic E-state index is -0.342. The van der Waals surface area contributed by atoms with Crippen molar-refractivity contribution in [2.45, 2.75) is 37.5 Å². The summed E-state index contributed by atoms with van der Waals surface area (Å²) in [5.41, 5.74) is 4.95. The number of nitrogens with one attached hydrogen (secondary N) is 1. The smallest absolute Gasteiger partial charge is 0.141 e. The molecule has 6 heteroatoms. The molecule has 2 N–H and O–H groups in total. The van der Waals surface area contributed by atoms with Crippen LogP contribution in [0.25, 0.3) is 21.3 Å². The van der Waals surface area contributed by atoms with Gasteiger partial charge in [-0.05, 0) is 29.5 Å². The Kier molecular flexibility index (Phi) is 5.14. The summed E-state index contributed by atoms with van der Waals surface area (Å²) in [6.07, 6.45) is 4.15. The fraction of sp³-hybridized carbons (Fsp3) is 0.308. The standard InChI is InChI=1S/C26H26N4OS/c31-22-14-18-8-4-5-9-20(18)24(22)29-19-10-12-30(13-11-19)25-23-21(17-6-2-1-3-7-17)15-32-26(23)28-16-27-25/h1-9,15-16,19,22,24,29,31H,10-14H2. The molecule has 1 fully saturated rings. The summed E-state index contributed by atoms with van der Waals surface area (Å²) in [6, 6.07) is 19.4. The second-order valence-electron chi connectivity index (χ2n) is 8.77. The fourth-order valence-electron chi connectivity index (χ4n) is 5.22. The van der Waals surface area contributed by atoms with Gasteiger partial charge in [-0.25, -0.2) is 9.97 Å². The number of hydrogen-bond donors (Lipinski definition) is 2. The van der Waals surface area contributed by atoms with Gasteiger partial charge in [0.25, 0.3) is 0 Å². The Labute approximate surface area is 191 Å². The highest BCUT2D eigenvalue weighted by molar-refractivity contribution is 7.17. The van der Waals surface area contributed by atoms with E-state index >= 15 is 0 Å². The largest absolute Gasteiger partial charge is 0.391 e. The van der Waals surface area contributed by atoms with E-state index in [-0.39, 0.29) is 12.1 Å². The van der Waals surface area contributed by atoms with Gasteiger partial charge in [-0.3, -0.25) is 0 Å². The van der Waals surface area contributed by atoms with Crippen LogP contribution in [0.3, 0.4) is 0 Å². The van der Waals surface area contributed by atoms with E-state index in [1.165, 1.54) is 22.3 Å². The van der Waals surface area contributed by atoms with Gasteiger partial charge in [-0.1, -0.05) is 54.6 Å². The molecule has 2 aromatic heterocycles. The number of piperidine rings is 1. The third kappa shape index (κ3) is 3.48. The molecule has 1 aliphatic carbocycles. The zero-order valence-corrected chi connectivity index (χ0v) is 18.6. The lowest BCUT2D eigenvalue weighted by molar-refractivity contribution is 0.131. The molecule has 1 aliphatic heterocycles. The van der Waals surface area contributed by atoms with Gasteiger partial charge in [0.2, 0.25) is 0 Å². The highest BCUT2D eigenvalue weighted by atomic mass is 32.1. The molecule has 1 saturated heterocycles. The molecule has 0 saturated carbocycles. The van der Waals surface area contributed by atoms with Crippen LogP contribution >= 0.6 is 11.3 Å². The van der Waals surface area contributed by atoms with Crippen molar-refractivity contribution in [3.63, 3.8) is 0 Å². The van der Waals surface area contributed by atoms with Crippen molar-refractivity contribution in [1.29, 1.82) is 0 Å². The Hall–Kier alpha value is -2.80. The fourth-order valence-corrected chi connectivity index (χ4v) is 6.13. The first-order valence-electron chi connectivity index (χ1n) is 11.3. The average molecular weight is 443 g/mol. The van der Waals surface area contributed by atoms with Gasteiger partial charge in [-0.2, -0.15) is 0 Å². The number of thiophene rings is 1. The van der Waals surface area contributed by atoms with E-state index in [2.05, 4.69) is 69.1 Å². The second-order valence-corrected chi connectivity index (χ2v) is 9.63. The van der Waals surface area contributed by atoms with E-state index in [4.69, 9.17) is 4.98 Å². The molecule has 2 aliphatic rings. The van der Waals surface area contributed by atoms with E-state index in [0.717, 1.165) is 48.4 Å². The Morgan fingerprint density at radius 1 is 0.969 bits per heavy atom. The van der Waals surface area contributed by atoms with Crippen LogP contribution in [0.4, 0.5) is 5.82 Å². The minimum absolute atomic E-state index is 0.0371. The van der Waals surface area contributed by atoms with Crippen molar-refractivity contribution < 1.29 is 5.11 Å². The molecule has 4 aromatic rings. The highest BCUT2D eigenvalue weighted by Crippen LogP contribution is 2.39. The number of aliphatic hydroxyl groups excluding tert-OH is 1. The van der Waals surface area contributed by atoms with Crippen molar-refractivity contribution in [3.05, 3.63) is 77.4 Å². The molecule has 2 atom stereocenters. The maximum Gasteiger partial charge on any atom is 0.141 e. The summed E-state index contributed by atoms with van der Waals surface area (Å²) in [6.45, 7) is 1.89. The zero-order valence-electron chi connectivity index (χ0n) is 17.8. The molecule has 162 valence electrons. The topological polar surface area (TPSA) is 61.3 Å². The highest BCUT2D eigenvalue weighted by Gasteiger charge is 2.33. The summed E-state index contributed by atoms with van der Waals surface area (Å²) in [4.78, 5) is 12.7. The number of anilines is 1. The Morgan fingerprint density at radius 3 is 2.59 bits per heavy atom.